The van der Waals surface area contributed by atoms with E-state index in [0.717, 1.165) is 48.9 Å². The second kappa shape index (κ2) is 12.4. The monoisotopic (exact) mass is 506 g/mol. The van der Waals surface area contributed by atoms with Gasteiger partial charge < -0.3 is 15.1 Å². The van der Waals surface area contributed by atoms with Crippen molar-refractivity contribution in [3.05, 3.63) is 34.9 Å². The molecule has 0 aromatic heterocycles. The number of guanidine groups is 1. The highest BCUT2D eigenvalue weighted by atomic mass is 127. The van der Waals surface area contributed by atoms with Crippen molar-refractivity contribution in [1.82, 2.24) is 15.1 Å². The molecule has 27 heavy (non-hydrogen) atoms. The summed E-state index contributed by atoms with van der Waals surface area (Å²) in [7, 11) is 2.02. The molecular formula is C20H32ClIN4O. The zero-order chi connectivity index (χ0) is 18.9. The van der Waals surface area contributed by atoms with E-state index in [0.29, 0.717) is 31.5 Å². The van der Waals surface area contributed by atoms with Crippen LogP contribution in [0.25, 0.3) is 0 Å². The van der Waals surface area contributed by atoms with Gasteiger partial charge in [-0.2, -0.15) is 0 Å². The maximum Gasteiger partial charge on any atom is 0.222 e. The molecule has 1 aliphatic heterocycles. The van der Waals surface area contributed by atoms with Crippen LogP contribution in [0.4, 0.5) is 0 Å². The molecule has 1 unspecified atom stereocenters. The molecule has 5 nitrogen and oxygen atoms in total. The Morgan fingerprint density at radius 1 is 1.37 bits per heavy atom. The number of carbonyl (C=O) groups excluding carboxylic acids is 1. The Bertz CT molecular complexity index is 626. The molecule has 1 N–H and O–H groups in total. The molecule has 1 aromatic carbocycles. The van der Waals surface area contributed by atoms with E-state index in [1.165, 1.54) is 0 Å². The third-order valence-corrected chi connectivity index (χ3v) is 5.18. The van der Waals surface area contributed by atoms with Gasteiger partial charge >= 0.3 is 0 Å². The van der Waals surface area contributed by atoms with E-state index in [1.807, 2.05) is 36.2 Å². The highest BCUT2D eigenvalue weighted by Crippen LogP contribution is 2.19. The minimum atomic E-state index is 0. The predicted octanol–water partition coefficient (Wildman–Crippen LogP) is 4.15. The number of nitrogens with zero attached hydrogens (tertiary/aromatic N) is 3. The maximum atomic E-state index is 12.0. The van der Waals surface area contributed by atoms with Crippen LogP contribution in [-0.2, 0) is 11.3 Å². The summed E-state index contributed by atoms with van der Waals surface area (Å²) in [6, 6.07) is 8.18. The van der Waals surface area contributed by atoms with Crippen molar-refractivity contribution in [2.24, 2.45) is 4.99 Å². The van der Waals surface area contributed by atoms with Crippen LogP contribution in [0.2, 0.25) is 5.02 Å². The molecule has 1 aliphatic rings. The number of carbonyl (C=O) groups is 1. The molecule has 7 heteroatoms. The van der Waals surface area contributed by atoms with Gasteiger partial charge in [0.1, 0.15) is 0 Å². The summed E-state index contributed by atoms with van der Waals surface area (Å²) in [5.74, 6) is 1.17. The lowest BCUT2D eigenvalue weighted by molar-refractivity contribution is -0.129. The average molecular weight is 507 g/mol. The van der Waals surface area contributed by atoms with E-state index < -0.39 is 0 Å². The van der Waals surface area contributed by atoms with Crippen molar-refractivity contribution in [3.8, 4) is 0 Å². The number of likely N-dealkylation sites (tertiary alicyclic amines) is 1. The maximum absolute atomic E-state index is 12.0. The fourth-order valence-corrected chi connectivity index (χ4v) is 3.58. The second-order valence-corrected chi connectivity index (χ2v) is 7.13. The molecule has 1 heterocycles. The minimum Gasteiger partial charge on any atom is -0.357 e. The first-order chi connectivity index (χ1) is 12.6. The topological polar surface area (TPSA) is 47.9 Å². The molecule has 0 spiro atoms. The van der Waals surface area contributed by atoms with Crippen molar-refractivity contribution < 1.29 is 4.79 Å². The SMILES string of the molecule is CCNC(=NCCC(CC)N1CCCC1=O)N(C)Cc1ccccc1Cl.I. The summed E-state index contributed by atoms with van der Waals surface area (Å²) in [4.78, 5) is 20.9. The molecule has 0 bridgehead atoms. The Morgan fingerprint density at radius 3 is 2.70 bits per heavy atom. The molecule has 0 radical (unpaired) electrons. The molecule has 0 aliphatic carbocycles. The molecule has 1 aromatic rings. The smallest absolute Gasteiger partial charge is 0.222 e. The van der Waals surface area contributed by atoms with Crippen molar-refractivity contribution >= 4 is 47.4 Å². The van der Waals surface area contributed by atoms with Crippen LogP contribution < -0.4 is 5.32 Å². The van der Waals surface area contributed by atoms with Crippen LogP contribution in [0.15, 0.2) is 29.3 Å². The van der Waals surface area contributed by atoms with Gasteiger partial charge in [-0.25, -0.2) is 0 Å². The quantitative estimate of drug-likeness (QED) is 0.327. The van der Waals surface area contributed by atoms with Crippen molar-refractivity contribution in [2.75, 3.05) is 26.7 Å². The molecule has 0 saturated carbocycles. The first kappa shape index (κ1) is 24.0. The molecule has 1 atom stereocenters. The van der Waals surface area contributed by atoms with Gasteiger partial charge in [-0.3, -0.25) is 9.79 Å². The van der Waals surface area contributed by atoms with Gasteiger partial charge in [0, 0.05) is 50.7 Å². The van der Waals surface area contributed by atoms with E-state index in [2.05, 4.69) is 24.1 Å². The molecule has 2 rings (SSSR count). The fourth-order valence-electron chi connectivity index (χ4n) is 3.38. The number of rotatable bonds is 8. The van der Waals surface area contributed by atoms with Crippen LogP contribution in [0.5, 0.6) is 0 Å². The number of halogens is 2. The van der Waals surface area contributed by atoms with E-state index in [-0.39, 0.29) is 24.0 Å². The van der Waals surface area contributed by atoms with Gasteiger partial charge in [0.25, 0.3) is 0 Å². The summed E-state index contributed by atoms with van der Waals surface area (Å²) in [6.07, 6.45) is 3.56. The van der Waals surface area contributed by atoms with E-state index in [4.69, 9.17) is 16.6 Å². The first-order valence-electron chi connectivity index (χ1n) is 9.59. The Balaban J connectivity index is 0.00000364. The lowest BCUT2D eigenvalue weighted by Crippen LogP contribution is -2.39. The van der Waals surface area contributed by atoms with E-state index in [9.17, 15) is 4.79 Å². The number of hydrogen-bond acceptors (Lipinski definition) is 2. The number of amides is 1. The first-order valence-corrected chi connectivity index (χ1v) is 9.96. The van der Waals surface area contributed by atoms with Crippen LogP contribution >= 0.6 is 35.6 Å². The summed E-state index contributed by atoms with van der Waals surface area (Å²) in [5, 5.41) is 4.12. The van der Waals surface area contributed by atoms with Crippen LogP contribution in [0, 0.1) is 0 Å². The number of nitrogens with one attached hydrogen (secondary N) is 1. The zero-order valence-corrected chi connectivity index (χ0v) is 19.7. The molecular weight excluding hydrogens is 475 g/mol. The zero-order valence-electron chi connectivity index (χ0n) is 16.6. The highest BCUT2D eigenvalue weighted by Gasteiger charge is 2.26. The number of hydrogen-bond donors (Lipinski definition) is 1. The minimum absolute atomic E-state index is 0. The van der Waals surface area contributed by atoms with Gasteiger partial charge in [-0.05, 0) is 37.8 Å². The summed E-state index contributed by atoms with van der Waals surface area (Å²) >= 11 is 6.28. The normalized spacial score (nSPS) is 15.5. The lowest BCUT2D eigenvalue weighted by atomic mass is 10.1. The summed E-state index contributed by atoms with van der Waals surface area (Å²) in [5.41, 5.74) is 1.08. The molecule has 1 saturated heterocycles. The van der Waals surface area contributed by atoms with Gasteiger partial charge in [0.2, 0.25) is 5.91 Å². The molecule has 1 fully saturated rings. The third kappa shape index (κ3) is 7.14. The summed E-state index contributed by atoms with van der Waals surface area (Å²) < 4.78 is 0. The number of benzene rings is 1. The standard InChI is InChI=1S/C20H31ClN4O.HI/c1-4-17(25-14-8-11-19(25)26)12-13-23-20(22-5-2)24(3)15-16-9-6-7-10-18(16)21;/h6-7,9-10,17H,4-5,8,11-15H2,1-3H3,(H,22,23);1H. The van der Waals surface area contributed by atoms with Crippen molar-refractivity contribution in [2.45, 2.75) is 52.1 Å². The van der Waals surface area contributed by atoms with Gasteiger partial charge in [-0.15, -0.1) is 24.0 Å². The van der Waals surface area contributed by atoms with Crippen LogP contribution in [0.1, 0.15) is 45.1 Å². The Labute approximate surface area is 185 Å². The Morgan fingerprint density at radius 2 is 2.11 bits per heavy atom. The van der Waals surface area contributed by atoms with Crippen molar-refractivity contribution in [1.29, 1.82) is 0 Å². The third-order valence-electron chi connectivity index (χ3n) is 4.81. The lowest BCUT2D eigenvalue weighted by Gasteiger charge is -2.27. The van der Waals surface area contributed by atoms with Crippen molar-refractivity contribution in [3.63, 3.8) is 0 Å². The second-order valence-electron chi connectivity index (χ2n) is 6.72. The Kier molecular flexibility index (Phi) is 11.1. The van der Waals surface area contributed by atoms with Gasteiger partial charge in [0.15, 0.2) is 5.96 Å². The van der Waals surface area contributed by atoms with Gasteiger partial charge in [-0.1, -0.05) is 36.7 Å². The largest absolute Gasteiger partial charge is 0.357 e. The molecule has 152 valence electrons. The number of aliphatic imine (C=N–C) groups is 1. The fraction of sp³-hybridized carbons (Fsp3) is 0.600. The van der Waals surface area contributed by atoms with E-state index in [1.54, 1.807) is 0 Å². The molecule has 1 amide bonds. The van der Waals surface area contributed by atoms with Gasteiger partial charge in [0.05, 0.1) is 0 Å². The summed E-state index contributed by atoms with van der Waals surface area (Å²) in [6.45, 7) is 7.33. The average Bonchev–Trinajstić information content (AvgIpc) is 3.05. The van der Waals surface area contributed by atoms with Crippen LogP contribution in [0.3, 0.4) is 0 Å². The van der Waals surface area contributed by atoms with Crippen LogP contribution in [-0.4, -0.2) is 54.4 Å². The highest BCUT2D eigenvalue weighted by molar-refractivity contribution is 14.0. The predicted molar refractivity (Wildman–Crippen MR) is 124 cm³/mol. The Hall–Kier alpha value is -1.02. The van der Waals surface area contributed by atoms with E-state index >= 15 is 0 Å².